The molecular weight excluding hydrogens is 464 g/mol. The largest absolute Gasteiger partial charge is 0.490 e. The monoisotopic (exact) mass is 494 g/mol. The molecule has 0 unspecified atom stereocenters. The van der Waals surface area contributed by atoms with E-state index in [4.69, 9.17) is 15.2 Å². The predicted octanol–water partition coefficient (Wildman–Crippen LogP) is 6.37. The van der Waals surface area contributed by atoms with Crippen molar-refractivity contribution in [3.63, 3.8) is 0 Å². The summed E-state index contributed by atoms with van der Waals surface area (Å²) in [5.74, 6) is 1.71. The van der Waals surface area contributed by atoms with Gasteiger partial charge in [-0.2, -0.15) is 0 Å². The van der Waals surface area contributed by atoms with Crippen molar-refractivity contribution in [3.05, 3.63) is 102 Å². The lowest BCUT2D eigenvalue weighted by molar-refractivity contribution is 0.0984. The van der Waals surface area contributed by atoms with Gasteiger partial charge in [-0.1, -0.05) is 42.8 Å². The zero-order valence-electron chi connectivity index (χ0n) is 20.5. The van der Waals surface area contributed by atoms with Crippen LogP contribution in [0.15, 0.2) is 91.0 Å². The fourth-order valence-electron chi connectivity index (χ4n) is 4.51. The summed E-state index contributed by atoms with van der Waals surface area (Å²) in [5.41, 5.74) is 9.04. The minimum absolute atomic E-state index is 0.269. The molecule has 0 saturated heterocycles. The number of fused-ring (bicyclic) bond motifs is 3. The van der Waals surface area contributed by atoms with E-state index < -0.39 is 12.0 Å². The molecule has 1 atom stereocenters. The van der Waals surface area contributed by atoms with Gasteiger partial charge in [-0.25, -0.2) is 0 Å². The zero-order chi connectivity index (χ0) is 25.6. The molecule has 1 heterocycles. The van der Waals surface area contributed by atoms with Gasteiger partial charge < -0.3 is 25.3 Å². The molecule has 37 heavy (non-hydrogen) atoms. The number of aliphatic hydroxyl groups is 1. The van der Waals surface area contributed by atoms with E-state index in [2.05, 4.69) is 29.2 Å². The number of para-hydroxylation sites is 1. The van der Waals surface area contributed by atoms with E-state index in [9.17, 15) is 9.90 Å². The average Bonchev–Trinajstić information content (AvgIpc) is 3.30. The van der Waals surface area contributed by atoms with E-state index in [0.717, 1.165) is 52.6 Å². The Labute approximate surface area is 215 Å². The summed E-state index contributed by atoms with van der Waals surface area (Å²) >= 11 is 0. The van der Waals surface area contributed by atoms with Crippen LogP contribution in [0, 0.1) is 0 Å². The molecule has 0 aliphatic carbocycles. The second-order valence-electron chi connectivity index (χ2n) is 9.19. The molecule has 4 aromatic carbocycles. The van der Waals surface area contributed by atoms with Gasteiger partial charge in [-0.05, 0) is 79.4 Å². The molecule has 6 heteroatoms. The van der Waals surface area contributed by atoms with Gasteiger partial charge >= 0.3 is 0 Å². The molecule has 0 radical (unpaired) electrons. The minimum Gasteiger partial charge on any atom is -0.490 e. The number of aryl methyl sites for hydroxylation is 1. The van der Waals surface area contributed by atoms with Crippen LogP contribution in [0.5, 0.6) is 17.2 Å². The van der Waals surface area contributed by atoms with Gasteiger partial charge in [0.25, 0.3) is 0 Å². The number of hydrogen-bond donors (Lipinski definition) is 3. The lowest BCUT2D eigenvalue weighted by Crippen LogP contribution is -2.17. The number of nitrogens with one attached hydrogen (secondary N) is 1. The molecule has 188 valence electrons. The van der Waals surface area contributed by atoms with Gasteiger partial charge in [0.2, 0.25) is 5.91 Å². The molecule has 0 bridgehead atoms. The smallest absolute Gasteiger partial charge is 0.248 e. The fourth-order valence-corrected chi connectivity index (χ4v) is 4.51. The highest BCUT2D eigenvalue weighted by atomic mass is 16.5. The van der Waals surface area contributed by atoms with Gasteiger partial charge in [0.05, 0.1) is 11.6 Å². The standard InChI is InChI=1S/C31H30N2O4/c32-31(35)22-14-18-25(19-15-22)37-24-16-12-21(13-17-24)6-1-2-7-23(34)20-36-29-11-5-10-28-30(29)26-8-3-4-9-27(26)33-28/h3-5,8-19,23,33-34H,1-2,6-7,20H2,(H2,32,35)/t23-/m0/s1. The molecule has 0 fully saturated rings. The molecule has 0 aliphatic heterocycles. The Balaban J connectivity index is 1.06. The van der Waals surface area contributed by atoms with Crippen molar-refractivity contribution >= 4 is 27.7 Å². The summed E-state index contributed by atoms with van der Waals surface area (Å²) in [5, 5.41) is 12.7. The number of aromatic amines is 1. The summed E-state index contributed by atoms with van der Waals surface area (Å²) < 4.78 is 11.9. The van der Waals surface area contributed by atoms with Gasteiger partial charge in [-0.15, -0.1) is 0 Å². The first kappa shape index (κ1) is 24.4. The van der Waals surface area contributed by atoms with Crippen LogP contribution < -0.4 is 15.2 Å². The second-order valence-corrected chi connectivity index (χ2v) is 9.19. The van der Waals surface area contributed by atoms with E-state index in [1.807, 2.05) is 42.5 Å². The number of nitrogens with two attached hydrogens (primary N) is 1. The molecule has 1 aromatic heterocycles. The number of primary amides is 1. The molecule has 0 aliphatic rings. The van der Waals surface area contributed by atoms with E-state index in [1.54, 1.807) is 24.3 Å². The summed E-state index contributed by atoms with van der Waals surface area (Å²) in [7, 11) is 0. The first-order valence-electron chi connectivity index (χ1n) is 12.5. The number of hydrogen-bond acceptors (Lipinski definition) is 4. The SMILES string of the molecule is NC(=O)c1ccc(Oc2ccc(CCCC[C@H](O)COc3cccc4[nH]c5ccccc5c34)cc2)cc1. The Kier molecular flexibility index (Phi) is 7.38. The van der Waals surface area contributed by atoms with Gasteiger partial charge in [0, 0.05) is 21.9 Å². The summed E-state index contributed by atoms with van der Waals surface area (Å²) in [6.45, 7) is 0.269. The van der Waals surface area contributed by atoms with Crippen LogP contribution in [-0.4, -0.2) is 28.7 Å². The van der Waals surface area contributed by atoms with Crippen LogP contribution in [0.1, 0.15) is 35.2 Å². The van der Waals surface area contributed by atoms with Crippen LogP contribution in [0.3, 0.4) is 0 Å². The maximum Gasteiger partial charge on any atom is 0.248 e. The summed E-state index contributed by atoms with van der Waals surface area (Å²) in [4.78, 5) is 14.6. The molecule has 5 rings (SSSR count). The number of H-pyrrole nitrogens is 1. The number of carbonyl (C=O) groups excluding carboxylic acids is 1. The Bertz CT molecular complexity index is 1490. The molecule has 5 aromatic rings. The van der Waals surface area contributed by atoms with Gasteiger partial charge in [-0.3, -0.25) is 4.79 Å². The number of amides is 1. The highest BCUT2D eigenvalue weighted by molar-refractivity contribution is 6.10. The number of benzene rings is 4. The van der Waals surface area contributed by atoms with Crippen LogP contribution in [-0.2, 0) is 6.42 Å². The van der Waals surface area contributed by atoms with Crippen LogP contribution in [0.2, 0.25) is 0 Å². The molecule has 6 nitrogen and oxygen atoms in total. The van der Waals surface area contributed by atoms with Crippen molar-refractivity contribution in [1.29, 1.82) is 0 Å². The molecular formula is C31H30N2O4. The molecule has 0 saturated carbocycles. The van der Waals surface area contributed by atoms with Crippen molar-refractivity contribution in [1.82, 2.24) is 4.98 Å². The van der Waals surface area contributed by atoms with Crippen molar-refractivity contribution < 1.29 is 19.4 Å². The predicted molar refractivity (Wildman–Crippen MR) is 146 cm³/mol. The molecule has 0 spiro atoms. The summed E-state index contributed by atoms with van der Waals surface area (Å²) in [6.07, 6.45) is 2.98. The molecule has 4 N–H and O–H groups in total. The van der Waals surface area contributed by atoms with E-state index >= 15 is 0 Å². The van der Waals surface area contributed by atoms with Crippen LogP contribution >= 0.6 is 0 Å². The van der Waals surface area contributed by atoms with Crippen molar-refractivity contribution in [3.8, 4) is 17.2 Å². The second kappa shape index (κ2) is 11.2. The molecule has 1 amide bonds. The number of aromatic nitrogens is 1. The van der Waals surface area contributed by atoms with Crippen molar-refractivity contribution in [2.75, 3.05) is 6.61 Å². The average molecular weight is 495 g/mol. The maximum absolute atomic E-state index is 11.2. The summed E-state index contributed by atoms with van der Waals surface area (Å²) in [6, 6.07) is 28.9. The third kappa shape index (κ3) is 5.93. The quantitative estimate of drug-likeness (QED) is 0.186. The minimum atomic E-state index is -0.516. The third-order valence-electron chi connectivity index (χ3n) is 6.47. The Morgan fingerprint density at radius 1 is 0.838 bits per heavy atom. The fraction of sp³-hybridized carbons (Fsp3) is 0.194. The van der Waals surface area contributed by atoms with E-state index in [-0.39, 0.29) is 6.61 Å². The first-order valence-corrected chi connectivity index (χ1v) is 12.5. The van der Waals surface area contributed by atoms with Crippen LogP contribution in [0.4, 0.5) is 0 Å². The number of carbonyl (C=O) groups is 1. The zero-order valence-corrected chi connectivity index (χ0v) is 20.5. The van der Waals surface area contributed by atoms with Crippen LogP contribution in [0.25, 0.3) is 21.8 Å². The maximum atomic E-state index is 11.2. The van der Waals surface area contributed by atoms with Gasteiger partial charge in [0.15, 0.2) is 0 Å². The van der Waals surface area contributed by atoms with Crippen molar-refractivity contribution in [2.45, 2.75) is 31.8 Å². The number of aliphatic hydroxyl groups excluding tert-OH is 1. The highest BCUT2D eigenvalue weighted by Gasteiger charge is 2.11. The van der Waals surface area contributed by atoms with E-state index in [1.165, 1.54) is 5.56 Å². The number of unbranched alkanes of at least 4 members (excludes halogenated alkanes) is 1. The Hall–Kier alpha value is -4.29. The topological polar surface area (TPSA) is 97.6 Å². The lowest BCUT2D eigenvalue weighted by Gasteiger charge is -2.13. The highest BCUT2D eigenvalue weighted by Crippen LogP contribution is 2.33. The Morgan fingerprint density at radius 2 is 1.54 bits per heavy atom. The first-order chi connectivity index (χ1) is 18.1. The van der Waals surface area contributed by atoms with E-state index in [0.29, 0.717) is 17.7 Å². The van der Waals surface area contributed by atoms with Crippen molar-refractivity contribution in [2.24, 2.45) is 5.73 Å². The number of rotatable bonds is 11. The number of ether oxygens (including phenoxy) is 2. The Morgan fingerprint density at radius 3 is 2.30 bits per heavy atom. The lowest BCUT2D eigenvalue weighted by atomic mass is 10.1. The van der Waals surface area contributed by atoms with Gasteiger partial charge in [0.1, 0.15) is 23.9 Å². The third-order valence-corrected chi connectivity index (χ3v) is 6.47. The normalized spacial score (nSPS) is 12.0.